The number of nitrogens with one attached hydrogen (secondary N) is 1. The highest BCUT2D eigenvalue weighted by molar-refractivity contribution is 5.57. The van der Waals surface area contributed by atoms with E-state index in [0.717, 1.165) is 16.8 Å². The number of anilines is 1. The molecule has 0 radical (unpaired) electrons. The maximum atomic E-state index is 13.2. The molecule has 0 amide bonds. The van der Waals surface area contributed by atoms with Crippen LogP contribution in [0.5, 0.6) is 0 Å². The molecule has 0 spiro atoms. The van der Waals surface area contributed by atoms with E-state index in [1.807, 2.05) is 24.3 Å². The van der Waals surface area contributed by atoms with E-state index in [4.69, 9.17) is 4.84 Å². The lowest BCUT2D eigenvalue weighted by molar-refractivity contribution is 0.180. The van der Waals surface area contributed by atoms with E-state index < -0.39 is 0 Å². The highest BCUT2D eigenvalue weighted by atomic mass is 19.1. The summed E-state index contributed by atoms with van der Waals surface area (Å²) in [6, 6.07) is 12.7. The van der Waals surface area contributed by atoms with Gasteiger partial charge in [-0.2, -0.15) is 0 Å². The van der Waals surface area contributed by atoms with E-state index in [-0.39, 0.29) is 5.82 Å². The van der Waals surface area contributed by atoms with Gasteiger partial charge in [-0.05, 0) is 36.2 Å². The SMILES string of the molecule is Cc1cc(CONc2ccccc2C#CC(C)C)ccc1F. The van der Waals surface area contributed by atoms with E-state index in [0.29, 0.717) is 18.1 Å². The molecule has 0 saturated carbocycles. The maximum Gasteiger partial charge on any atom is 0.126 e. The smallest absolute Gasteiger partial charge is 0.126 e. The second-order valence-corrected chi connectivity index (χ2v) is 5.44. The van der Waals surface area contributed by atoms with Crippen molar-refractivity contribution in [1.29, 1.82) is 0 Å². The van der Waals surface area contributed by atoms with Crippen molar-refractivity contribution in [2.45, 2.75) is 27.4 Å². The lowest BCUT2D eigenvalue weighted by Gasteiger charge is -2.09. The van der Waals surface area contributed by atoms with Gasteiger partial charge in [0.1, 0.15) is 5.82 Å². The molecule has 0 aliphatic heterocycles. The third-order valence-electron chi connectivity index (χ3n) is 3.07. The third kappa shape index (κ3) is 4.61. The number of halogens is 1. The van der Waals surface area contributed by atoms with Crippen LogP contribution >= 0.6 is 0 Å². The van der Waals surface area contributed by atoms with Crippen LogP contribution in [-0.2, 0) is 11.4 Å². The predicted molar refractivity (Wildman–Crippen MR) is 87.7 cm³/mol. The standard InChI is InChI=1S/C19H20FNO/c1-14(2)8-10-17-6-4-5-7-19(17)21-22-13-16-9-11-18(20)15(3)12-16/h4-7,9,11-12,14,21H,13H2,1-3H3. The Morgan fingerprint density at radius 1 is 1.18 bits per heavy atom. The molecule has 114 valence electrons. The van der Waals surface area contributed by atoms with Gasteiger partial charge in [-0.25, -0.2) is 4.39 Å². The van der Waals surface area contributed by atoms with Crippen LogP contribution in [0.1, 0.15) is 30.5 Å². The minimum atomic E-state index is -0.203. The molecule has 0 aliphatic rings. The third-order valence-corrected chi connectivity index (χ3v) is 3.07. The van der Waals surface area contributed by atoms with Crippen LogP contribution in [0.25, 0.3) is 0 Å². The molecule has 0 saturated heterocycles. The molecule has 3 heteroatoms. The number of hydrogen-bond acceptors (Lipinski definition) is 2. The fourth-order valence-electron chi connectivity index (χ4n) is 1.90. The van der Waals surface area contributed by atoms with Gasteiger partial charge in [0, 0.05) is 11.5 Å². The molecule has 0 atom stereocenters. The summed E-state index contributed by atoms with van der Waals surface area (Å²) < 4.78 is 13.2. The average Bonchev–Trinajstić information content (AvgIpc) is 2.50. The molecule has 0 heterocycles. The van der Waals surface area contributed by atoms with Crippen molar-refractivity contribution in [3.63, 3.8) is 0 Å². The summed E-state index contributed by atoms with van der Waals surface area (Å²) >= 11 is 0. The summed E-state index contributed by atoms with van der Waals surface area (Å²) in [5, 5.41) is 0. The van der Waals surface area contributed by atoms with E-state index in [1.54, 1.807) is 19.1 Å². The van der Waals surface area contributed by atoms with Gasteiger partial charge < -0.3 is 0 Å². The molecule has 2 nitrogen and oxygen atoms in total. The Bertz CT molecular complexity index is 698. The summed E-state index contributed by atoms with van der Waals surface area (Å²) in [5.41, 5.74) is 6.18. The molecule has 0 fully saturated rings. The van der Waals surface area contributed by atoms with Crippen LogP contribution in [0, 0.1) is 30.5 Å². The van der Waals surface area contributed by atoms with Gasteiger partial charge in [0.15, 0.2) is 0 Å². The molecule has 0 aliphatic carbocycles. The Balaban J connectivity index is 2.00. The average molecular weight is 297 g/mol. The van der Waals surface area contributed by atoms with Crippen molar-refractivity contribution in [1.82, 2.24) is 0 Å². The minimum Gasteiger partial charge on any atom is -0.271 e. The summed E-state index contributed by atoms with van der Waals surface area (Å²) in [6.07, 6.45) is 0. The fourth-order valence-corrected chi connectivity index (χ4v) is 1.90. The van der Waals surface area contributed by atoms with Crippen LogP contribution in [-0.4, -0.2) is 0 Å². The topological polar surface area (TPSA) is 21.3 Å². The van der Waals surface area contributed by atoms with Crippen LogP contribution < -0.4 is 5.48 Å². The van der Waals surface area contributed by atoms with Crippen molar-refractivity contribution in [2.75, 3.05) is 5.48 Å². The lowest BCUT2D eigenvalue weighted by Crippen LogP contribution is -2.03. The van der Waals surface area contributed by atoms with Gasteiger partial charge in [0.2, 0.25) is 0 Å². The van der Waals surface area contributed by atoms with Gasteiger partial charge >= 0.3 is 0 Å². The summed E-state index contributed by atoms with van der Waals surface area (Å²) in [5.74, 6) is 6.39. The first kappa shape index (κ1) is 16.1. The number of aryl methyl sites for hydroxylation is 1. The first-order valence-corrected chi connectivity index (χ1v) is 7.29. The Morgan fingerprint density at radius 2 is 1.95 bits per heavy atom. The number of hydrogen-bond donors (Lipinski definition) is 1. The molecule has 1 N–H and O–H groups in total. The van der Waals surface area contributed by atoms with E-state index >= 15 is 0 Å². The first-order chi connectivity index (χ1) is 10.6. The Labute approximate surface area is 131 Å². The first-order valence-electron chi connectivity index (χ1n) is 7.29. The van der Waals surface area contributed by atoms with Crippen LogP contribution in [0.15, 0.2) is 42.5 Å². The van der Waals surface area contributed by atoms with E-state index in [9.17, 15) is 4.39 Å². The number of rotatable bonds is 4. The van der Waals surface area contributed by atoms with Crippen molar-refractivity contribution in [3.05, 3.63) is 65.0 Å². The zero-order chi connectivity index (χ0) is 15.9. The second-order valence-electron chi connectivity index (χ2n) is 5.44. The largest absolute Gasteiger partial charge is 0.271 e. The Hall–Kier alpha value is -2.31. The summed E-state index contributed by atoms with van der Waals surface area (Å²) in [4.78, 5) is 5.51. The number of benzene rings is 2. The molecular weight excluding hydrogens is 277 g/mol. The molecule has 2 aromatic rings. The monoisotopic (exact) mass is 297 g/mol. The van der Waals surface area contributed by atoms with E-state index in [1.165, 1.54) is 6.07 Å². The van der Waals surface area contributed by atoms with Crippen molar-refractivity contribution < 1.29 is 9.23 Å². The second kappa shape index (κ2) is 7.63. The molecule has 2 rings (SSSR count). The maximum absolute atomic E-state index is 13.2. The van der Waals surface area contributed by atoms with Crippen LogP contribution in [0.2, 0.25) is 0 Å². The fraction of sp³-hybridized carbons (Fsp3) is 0.263. The summed E-state index contributed by atoms with van der Waals surface area (Å²) in [6.45, 7) is 6.20. The zero-order valence-corrected chi connectivity index (χ0v) is 13.1. The molecule has 0 aromatic heterocycles. The van der Waals surface area contributed by atoms with Crippen molar-refractivity contribution in [3.8, 4) is 11.8 Å². The van der Waals surface area contributed by atoms with Gasteiger partial charge in [-0.1, -0.05) is 50.0 Å². The molecule has 22 heavy (non-hydrogen) atoms. The van der Waals surface area contributed by atoms with Gasteiger partial charge in [0.05, 0.1) is 12.3 Å². The van der Waals surface area contributed by atoms with Crippen LogP contribution in [0.3, 0.4) is 0 Å². The minimum absolute atomic E-state index is 0.203. The predicted octanol–water partition coefficient (Wildman–Crippen LogP) is 4.69. The summed E-state index contributed by atoms with van der Waals surface area (Å²) in [7, 11) is 0. The van der Waals surface area contributed by atoms with Gasteiger partial charge in [-0.3, -0.25) is 10.3 Å². The molecule has 0 bridgehead atoms. The highest BCUT2D eigenvalue weighted by Crippen LogP contribution is 2.15. The Morgan fingerprint density at radius 3 is 2.68 bits per heavy atom. The lowest BCUT2D eigenvalue weighted by atomic mass is 10.1. The van der Waals surface area contributed by atoms with E-state index in [2.05, 4.69) is 31.2 Å². The number of para-hydroxylation sites is 1. The molecule has 2 aromatic carbocycles. The van der Waals surface area contributed by atoms with Crippen molar-refractivity contribution >= 4 is 5.69 Å². The van der Waals surface area contributed by atoms with Crippen molar-refractivity contribution in [2.24, 2.45) is 5.92 Å². The van der Waals surface area contributed by atoms with Gasteiger partial charge in [-0.15, -0.1) is 0 Å². The van der Waals surface area contributed by atoms with Crippen LogP contribution in [0.4, 0.5) is 10.1 Å². The Kier molecular flexibility index (Phi) is 5.57. The molecular formula is C19H20FNO. The normalized spacial score (nSPS) is 10.2. The highest BCUT2D eigenvalue weighted by Gasteiger charge is 2.01. The van der Waals surface area contributed by atoms with Gasteiger partial charge in [0.25, 0.3) is 0 Å². The zero-order valence-electron chi connectivity index (χ0n) is 13.1. The molecule has 0 unspecified atom stereocenters. The quantitative estimate of drug-likeness (QED) is 0.653.